The number of aliphatic hydroxyl groups excluding tert-OH is 1. The van der Waals surface area contributed by atoms with E-state index in [0.717, 1.165) is 135 Å². The van der Waals surface area contributed by atoms with Gasteiger partial charge in [0.05, 0.1) is 32.8 Å². The molecule has 3 N–H and O–H groups in total. The molecule has 0 aliphatic heterocycles. The van der Waals surface area contributed by atoms with Crippen LogP contribution in [0.5, 0.6) is 0 Å². The minimum atomic E-state index is -5.00. The number of hydrogen-bond donors (Lipinski definition) is 3. The number of aliphatic hydroxyl groups is 1. The van der Waals surface area contributed by atoms with Crippen molar-refractivity contribution in [1.82, 2.24) is 0 Å². The topological polar surface area (TPSA) is 237 Å². The van der Waals surface area contributed by atoms with E-state index in [-0.39, 0.29) is 25.7 Å². The van der Waals surface area contributed by atoms with Crippen LogP contribution in [0.2, 0.25) is 0 Å². The number of hydrogen-bond acceptors (Lipinski definition) is 15. The Morgan fingerprint density at radius 1 is 0.312 bits per heavy atom. The van der Waals surface area contributed by atoms with Gasteiger partial charge in [-0.2, -0.15) is 0 Å². The van der Waals surface area contributed by atoms with Gasteiger partial charge in [-0.25, -0.2) is 9.13 Å². The molecule has 17 nitrogen and oxygen atoms in total. The minimum Gasteiger partial charge on any atom is -0.462 e. The summed E-state index contributed by atoms with van der Waals surface area (Å²) in [5.41, 5.74) is 0. The lowest BCUT2D eigenvalue weighted by Crippen LogP contribution is -2.30. The van der Waals surface area contributed by atoms with Crippen LogP contribution in [0.4, 0.5) is 0 Å². The molecule has 0 amide bonds. The maximum Gasteiger partial charge on any atom is 0.472 e. The van der Waals surface area contributed by atoms with Gasteiger partial charge in [-0.05, 0) is 103 Å². The lowest BCUT2D eigenvalue weighted by Gasteiger charge is -2.21. The molecule has 552 valence electrons. The predicted octanol–water partition coefficient (Wildman–Crippen LogP) is 21.0. The molecule has 0 radical (unpaired) electrons. The summed E-state index contributed by atoms with van der Waals surface area (Å²) in [7, 11) is -9.97. The first-order valence-corrected chi connectivity index (χ1v) is 40.1. The van der Waals surface area contributed by atoms with Crippen molar-refractivity contribution in [2.45, 2.75) is 316 Å². The van der Waals surface area contributed by atoms with Gasteiger partial charge in [0.2, 0.25) is 0 Å². The van der Waals surface area contributed by atoms with Crippen LogP contribution in [-0.2, 0) is 65.4 Å². The van der Waals surface area contributed by atoms with Crippen molar-refractivity contribution in [3.63, 3.8) is 0 Å². The molecule has 5 atom stereocenters. The van der Waals surface area contributed by atoms with Crippen LogP contribution >= 0.6 is 15.6 Å². The van der Waals surface area contributed by atoms with Gasteiger partial charge < -0.3 is 33.8 Å². The van der Waals surface area contributed by atoms with Crippen molar-refractivity contribution < 1.29 is 80.2 Å². The molecule has 96 heavy (non-hydrogen) atoms. The number of rotatable bonds is 69. The Balaban J connectivity index is 5.40. The Morgan fingerprint density at radius 3 is 0.969 bits per heavy atom. The van der Waals surface area contributed by atoms with Gasteiger partial charge in [0, 0.05) is 19.3 Å². The van der Waals surface area contributed by atoms with Gasteiger partial charge in [-0.15, -0.1) is 0 Å². The molecule has 0 heterocycles. The number of ether oxygens (including phenoxy) is 4. The molecule has 5 unspecified atom stereocenters. The fraction of sp³-hybridized carbons (Fsp3) is 0.714. The maximum absolute atomic E-state index is 13.0. The third-order valence-electron chi connectivity index (χ3n) is 15.3. The molecule has 0 spiro atoms. The van der Waals surface area contributed by atoms with E-state index >= 15 is 0 Å². The fourth-order valence-electron chi connectivity index (χ4n) is 9.64. The maximum atomic E-state index is 13.0. The summed E-state index contributed by atoms with van der Waals surface area (Å²) < 4.78 is 68.2. The van der Waals surface area contributed by atoms with E-state index < -0.39 is 97.5 Å². The molecule has 0 aromatic heterocycles. The Bertz CT molecular complexity index is 2250. The van der Waals surface area contributed by atoms with Crippen molar-refractivity contribution in [3.8, 4) is 0 Å². The molecule has 0 aliphatic carbocycles. The number of esters is 4. The zero-order chi connectivity index (χ0) is 70.4. The van der Waals surface area contributed by atoms with Gasteiger partial charge in [0.25, 0.3) is 0 Å². The number of carbonyl (C=O) groups excluding carboxylic acids is 4. The molecule has 0 fully saturated rings. The second kappa shape index (κ2) is 69.2. The lowest BCUT2D eigenvalue weighted by atomic mass is 10.0. The quantitative estimate of drug-likeness (QED) is 0.0169. The lowest BCUT2D eigenvalue weighted by molar-refractivity contribution is -0.161. The minimum absolute atomic E-state index is 0.0545. The summed E-state index contributed by atoms with van der Waals surface area (Å²) >= 11 is 0. The number of carbonyl (C=O) groups is 4. The average molecular weight is 1390 g/mol. The highest BCUT2D eigenvalue weighted by Gasteiger charge is 2.30. The van der Waals surface area contributed by atoms with Crippen LogP contribution in [0, 0.1) is 0 Å². The van der Waals surface area contributed by atoms with Crippen molar-refractivity contribution in [1.29, 1.82) is 0 Å². The van der Waals surface area contributed by atoms with Gasteiger partial charge in [0.1, 0.15) is 19.3 Å². The SMILES string of the molecule is CC/C=C\C/C=C\C/C=C\C/C=C\C/C=C\CC(=O)OCC(COP(=O)(O)OCC(O)COP(=O)(O)OCC(COC(=O)CCCCCCCCCCCCCCCCC)OC(=O)CCCCCCC/C=C\CCCC)OC(=O)CCCCCCC/C=C\C/C=C\C/C=C\CC. The zero-order valence-corrected chi connectivity index (χ0v) is 61.8. The number of phosphoric ester groups is 2. The Labute approximate surface area is 581 Å². The first-order valence-electron chi connectivity index (χ1n) is 37.1. The van der Waals surface area contributed by atoms with Gasteiger partial charge >= 0.3 is 39.5 Å². The first-order chi connectivity index (χ1) is 46.7. The molecule has 0 bridgehead atoms. The van der Waals surface area contributed by atoms with Crippen LogP contribution < -0.4 is 0 Å². The molecule has 0 rings (SSSR count). The van der Waals surface area contributed by atoms with E-state index in [4.69, 9.17) is 37.0 Å². The van der Waals surface area contributed by atoms with E-state index in [1.54, 1.807) is 6.08 Å². The highest BCUT2D eigenvalue weighted by Crippen LogP contribution is 2.45. The monoisotopic (exact) mass is 1390 g/mol. The standard InChI is InChI=1S/C77H132O17P2/c1-5-9-13-17-21-25-29-32-35-38-42-45-49-53-57-61-74(79)87-67-72(93-76(81)63-59-55-51-47-41-28-24-20-16-12-8-4)69-91-95(83,84)89-65-71(78)66-90-96(85,86)92-70-73(94-77(82)64-60-56-52-48-44-40-37-34-31-27-23-19-15-11-7-3)68-88-75(80)62-58-54-50-46-43-39-36-33-30-26-22-18-14-10-6-2/h10-11,14-15,20,22-24,26-27,33-34,36-37,43,46,54,58,71-73,78H,5-9,12-13,16-19,21,25,28-32,35,38-42,44-45,47-53,55-57,59-70H2,1-4H3,(H,83,84)(H,85,86)/b14-10-,15-11-,24-20-,26-22-,27-23-,36-33-,37-34-,46-43-,58-54-. The summed E-state index contributed by atoms with van der Waals surface area (Å²) in [5.74, 6) is -2.34. The smallest absolute Gasteiger partial charge is 0.462 e. The van der Waals surface area contributed by atoms with Crippen LogP contribution in [0.15, 0.2) is 109 Å². The number of phosphoric acid groups is 2. The van der Waals surface area contributed by atoms with Crippen molar-refractivity contribution in [2.24, 2.45) is 0 Å². The number of allylic oxidation sites excluding steroid dienone is 17. The van der Waals surface area contributed by atoms with E-state index in [0.29, 0.717) is 25.7 Å². The Kier molecular flexibility index (Phi) is 66.1. The summed E-state index contributed by atoms with van der Waals surface area (Å²) in [6.07, 6.45) is 72.7. The summed E-state index contributed by atoms with van der Waals surface area (Å²) in [5, 5.41) is 10.6. The third-order valence-corrected chi connectivity index (χ3v) is 17.2. The van der Waals surface area contributed by atoms with E-state index in [1.807, 2.05) is 18.2 Å². The molecule has 0 saturated heterocycles. The fourth-order valence-corrected chi connectivity index (χ4v) is 11.2. The summed E-state index contributed by atoms with van der Waals surface area (Å²) in [6, 6.07) is 0. The summed E-state index contributed by atoms with van der Waals surface area (Å²) in [4.78, 5) is 72.6. The normalized spacial score (nSPS) is 14.6. The van der Waals surface area contributed by atoms with Crippen LogP contribution in [0.1, 0.15) is 297 Å². The summed E-state index contributed by atoms with van der Waals surface area (Å²) in [6.45, 7) is 4.47. The van der Waals surface area contributed by atoms with Crippen molar-refractivity contribution >= 4 is 39.5 Å². The van der Waals surface area contributed by atoms with Crippen molar-refractivity contribution in [2.75, 3.05) is 39.6 Å². The van der Waals surface area contributed by atoms with Gasteiger partial charge in [-0.3, -0.25) is 37.3 Å². The second-order valence-electron chi connectivity index (χ2n) is 24.5. The molecule has 0 saturated carbocycles. The number of unbranched alkanes of at least 4 members (excludes halogenated alkanes) is 26. The highest BCUT2D eigenvalue weighted by atomic mass is 31.2. The average Bonchev–Trinajstić information content (AvgIpc) is 1.09. The van der Waals surface area contributed by atoms with E-state index in [2.05, 4.69) is 113 Å². The predicted molar refractivity (Wildman–Crippen MR) is 390 cm³/mol. The second-order valence-corrected chi connectivity index (χ2v) is 27.4. The van der Waals surface area contributed by atoms with E-state index in [1.165, 1.54) is 83.5 Å². The first kappa shape index (κ1) is 91.7. The molecule has 19 heteroatoms. The molecular formula is C77H132O17P2. The zero-order valence-electron chi connectivity index (χ0n) is 60.0. The van der Waals surface area contributed by atoms with Crippen LogP contribution in [0.3, 0.4) is 0 Å². The van der Waals surface area contributed by atoms with Crippen LogP contribution in [0.25, 0.3) is 0 Å². The molecule has 0 aliphatic rings. The van der Waals surface area contributed by atoms with Crippen LogP contribution in [-0.4, -0.2) is 96.7 Å². The molecule has 0 aromatic carbocycles. The third kappa shape index (κ3) is 68.3. The van der Waals surface area contributed by atoms with Gasteiger partial charge in [0.15, 0.2) is 12.2 Å². The van der Waals surface area contributed by atoms with Crippen molar-refractivity contribution in [3.05, 3.63) is 109 Å². The molecule has 0 aromatic rings. The Morgan fingerprint density at radius 2 is 0.594 bits per heavy atom. The van der Waals surface area contributed by atoms with Gasteiger partial charge in [-0.1, -0.05) is 278 Å². The van der Waals surface area contributed by atoms with E-state index in [9.17, 15) is 43.2 Å². The highest BCUT2D eigenvalue weighted by molar-refractivity contribution is 7.47. The Hall–Kier alpha value is -4.28. The largest absolute Gasteiger partial charge is 0.472 e. The molecular weight excluding hydrogens is 1260 g/mol.